The van der Waals surface area contributed by atoms with Crippen LogP contribution in [0.5, 0.6) is 0 Å². The van der Waals surface area contributed by atoms with Gasteiger partial charge in [0.1, 0.15) is 18.7 Å². The SMILES string of the molecule is NC(=O)[C@H](CCCN=C(N)N)N(C(=O)[C@H](CCCN=C(N)N)NC(=O)OCc1ccccc1)c1ccc2ccccc2c1. The van der Waals surface area contributed by atoms with E-state index >= 15 is 0 Å². The minimum Gasteiger partial charge on any atom is -0.445 e. The van der Waals surface area contributed by atoms with Crippen molar-refractivity contribution < 1.29 is 19.1 Å². The molecular formula is C30H39N9O4. The Hall–Kier alpha value is -5.33. The number of primary amides is 1. The number of guanidine groups is 2. The normalized spacial score (nSPS) is 12.0. The summed E-state index contributed by atoms with van der Waals surface area (Å²) in [6.07, 6.45) is 0.240. The van der Waals surface area contributed by atoms with Gasteiger partial charge in [0.25, 0.3) is 0 Å². The first-order valence-corrected chi connectivity index (χ1v) is 13.8. The summed E-state index contributed by atoms with van der Waals surface area (Å²) in [7, 11) is 0. The molecule has 0 saturated heterocycles. The van der Waals surface area contributed by atoms with Crippen molar-refractivity contribution in [1.29, 1.82) is 0 Å². The predicted octanol–water partition coefficient (Wildman–Crippen LogP) is 1.43. The molecule has 3 amide bonds. The zero-order valence-corrected chi connectivity index (χ0v) is 23.9. The van der Waals surface area contributed by atoms with Gasteiger partial charge in [-0.25, -0.2) is 4.79 Å². The van der Waals surface area contributed by atoms with Crippen LogP contribution in [0.4, 0.5) is 10.5 Å². The van der Waals surface area contributed by atoms with Crippen molar-refractivity contribution in [1.82, 2.24) is 5.32 Å². The number of alkyl carbamates (subject to hydrolysis) is 1. The first-order valence-electron chi connectivity index (χ1n) is 13.8. The van der Waals surface area contributed by atoms with Gasteiger partial charge in [-0.2, -0.15) is 0 Å². The largest absolute Gasteiger partial charge is 0.445 e. The topological polar surface area (TPSA) is 231 Å². The minimum absolute atomic E-state index is 0.00464. The highest BCUT2D eigenvalue weighted by molar-refractivity contribution is 6.05. The summed E-state index contributed by atoms with van der Waals surface area (Å²) in [5.74, 6) is -1.46. The van der Waals surface area contributed by atoms with Gasteiger partial charge in [0.05, 0.1) is 0 Å². The molecule has 0 aliphatic carbocycles. The van der Waals surface area contributed by atoms with Gasteiger partial charge in [-0.05, 0) is 54.2 Å². The molecule has 0 radical (unpaired) electrons. The highest BCUT2D eigenvalue weighted by atomic mass is 16.5. The summed E-state index contributed by atoms with van der Waals surface area (Å²) in [5, 5.41) is 4.46. The second kappa shape index (κ2) is 16.2. The average Bonchev–Trinajstić information content (AvgIpc) is 2.98. The number of nitrogens with two attached hydrogens (primary N) is 5. The molecule has 3 rings (SSSR count). The van der Waals surface area contributed by atoms with Crippen molar-refractivity contribution in [3.05, 3.63) is 78.4 Å². The lowest BCUT2D eigenvalue weighted by Crippen LogP contribution is -2.55. The third-order valence-electron chi connectivity index (χ3n) is 6.57. The molecule has 0 aromatic heterocycles. The second-order valence-corrected chi connectivity index (χ2v) is 9.81. The Balaban J connectivity index is 1.94. The fraction of sp³-hybridized carbons (Fsp3) is 0.300. The molecule has 13 heteroatoms. The number of hydrogen-bond acceptors (Lipinski definition) is 6. The van der Waals surface area contributed by atoms with E-state index in [1.807, 2.05) is 60.7 Å². The molecule has 0 aliphatic heterocycles. The molecule has 43 heavy (non-hydrogen) atoms. The molecule has 2 atom stereocenters. The van der Waals surface area contributed by atoms with Crippen LogP contribution < -0.4 is 38.9 Å². The van der Waals surface area contributed by atoms with Gasteiger partial charge in [-0.15, -0.1) is 0 Å². The molecule has 3 aromatic carbocycles. The number of hydrogen-bond donors (Lipinski definition) is 6. The highest BCUT2D eigenvalue weighted by Crippen LogP contribution is 2.26. The van der Waals surface area contributed by atoms with Crippen LogP contribution in [0.15, 0.2) is 82.8 Å². The number of anilines is 1. The predicted molar refractivity (Wildman–Crippen MR) is 168 cm³/mol. The van der Waals surface area contributed by atoms with E-state index in [4.69, 9.17) is 33.4 Å². The van der Waals surface area contributed by atoms with Gasteiger partial charge in [-0.3, -0.25) is 24.5 Å². The second-order valence-electron chi connectivity index (χ2n) is 9.81. The lowest BCUT2D eigenvalue weighted by molar-refractivity contribution is -0.125. The molecule has 0 unspecified atom stereocenters. The van der Waals surface area contributed by atoms with Crippen LogP contribution in [0.3, 0.4) is 0 Å². The number of carbonyl (C=O) groups is 3. The van der Waals surface area contributed by atoms with E-state index in [9.17, 15) is 14.4 Å². The molecule has 3 aromatic rings. The van der Waals surface area contributed by atoms with E-state index in [0.717, 1.165) is 16.3 Å². The van der Waals surface area contributed by atoms with Gasteiger partial charge in [0.15, 0.2) is 11.9 Å². The van der Waals surface area contributed by atoms with Crippen molar-refractivity contribution in [3.63, 3.8) is 0 Å². The summed E-state index contributed by atoms with van der Waals surface area (Å²) in [5.41, 5.74) is 28.9. The number of aliphatic imine (C=N–C) groups is 2. The number of carbonyl (C=O) groups excluding carboxylic acids is 3. The quantitative estimate of drug-likeness (QED) is 0.0860. The molecule has 228 valence electrons. The number of benzene rings is 3. The third-order valence-corrected chi connectivity index (χ3v) is 6.57. The lowest BCUT2D eigenvalue weighted by atomic mass is 10.0. The number of fused-ring (bicyclic) bond motifs is 1. The monoisotopic (exact) mass is 589 g/mol. The fourth-order valence-corrected chi connectivity index (χ4v) is 4.51. The first-order chi connectivity index (χ1) is 20.7. The maximum atomic E-state index is 14.3. The molecule has 0 spiro atoms. The first kappa shape index (κ1) is 32.2. The smallest absolute Gasteiger partial charge is 0.408 e. The van der Waals surface area contributed by atoms with Crippen molar-refractivity contribution >= 4 is 46.3 Å². The van der Waals surface area contributed by atoms with Crippen molar-refractivity contribution in [2.75, 3.05) is 18.0 Å². The van der Waals surface area contributed by atoms with Crippen LogP contribution in [-0.4, -0.2) is 55.0 Å². The van der Waals surface area contributed by atoms with Crippen LogP contribution in [0.25, 0.3) is 10.8 Å². The Morgan fingerprint density at radius 1 is 0.767 bits per heavy atom. The summed E-state index contributed by atoms with van der Waals surface area (Å²) in [6, 6.07) is 19.9. The molecule has 0 saturated carbocycles. The zero-order chi connectivity index (χ0) is 31.2. The number of ether oxygens (including phenoxy) is 1. The number of rotatable bonds is 15. The van der Waals surface area contributed by atoms with Gasteiger partial charge in [0.2, 0.25) is 11.8 Å². The van der Waals surface area contributed by atoms with E-state index in [-0.39, 0.29) is 44.5 Å². The van der Waals surface area contributed by atoms with E-state index in [1.165, 1.54) is 4.90 Å². The average molecular weight is 590 g/mol. The Morgan fingerprint density at radius 3 is 2.00 bits per heavy atom. The maximum absolute atomic E-state index is 14.3. The molecular weight excluding hydrogens is 550 g/mol. The Bertz CT molecular complexity index is 1440. The summed E-state index contributed by atoms with van der Waals surface area (Å²) in [4.78, 5) is 49.3. The van der Waals surface area contributed by atoms with Crippen molar-refractivity contribution in [3.8, 4) is 0 Å². The third kappa shape index (κ3) is 10.2. The van der Waals surface area contributed by atoms with E-state index in [1.54, 1.807) is 12.1 Å². The Labute approximate surface area is 250 Å². The van der Waals surface area contributed by atoms with Gasteiger partial charge >= 0.3 is 6.09 Å². The van der Waals surface area contributed by atoms with E-state index < -0.39 is 30.0 Å². The fourth-order valence-electron chi connectivity index (χ4n) is 4.51. The van der Waals surface area contributed by atoms with E-state index in [0.29, 0.717) is 18.5 Å². The summed E-state index contributed by atoms with van der Waals surface area (Å²) in [6.45, 7) is 0.461. The molecule has 0 heterocycles. The van der Waals surface area contributed by atoms with E-state index in [2.05, 4.69) is 15.3 Å². The molecule has 0 bridgehead atoms. The van der Waals surface area contributed by atoms with Crippen LogP contribution in [0.2, 0.25) is 0 Å². The van der Waals surface area contributed by atoms with Gasteiger partial charge in [0, 0.05) is 18.8 Å². The Morgan fingerprint density at radius 2 is 1.37 bits per heavy atom. The van der Waals surface area contributed by atoms with Crippen LogP contribution in [-0.2, 0) is 20.9 Å². The van der Waals surface area contributed by atoms with Gasteiger partial charge < -0.3 is 38.7 Å². The van der Waals surface area contributed by atoms with Crippen molar-refractivity contribution in [2.45, 2.75) is 44.4 Å². The highest BCUT2D eigenvalue weighted by Gasteiger charge is 2.35. The molecule has 13 nitrogen and oxygen atoms in total. The molecule has 0 fully saturated rings. The standard InChI is InChI=1S/C30H39N9O4/c31-26(40)25(13-7-17-37-29(34)35)39(23-15-14-21-10-4-5-11-22(21)18-23)27(41)24(12-6-16-36-28(32)33)38-30(42)43-19-20-8-2-1-3-9-20/h1-5,8-11,14-15,18,24-25H,6-7,12-13,16-17,19H2,(H2,31,40)(H,38,42)(H4,32,33,36)(H4,34,35,37)/t24-,25-/m0/s1. The number of amides is 3. The minimum atomic E-state index is -1.09. The van der Waals surface area contributed by atoms with Gasteiger partial charge in [-0.1, -0.05) is 60.7 Å². The van der Waals surface area contributed by atoms with Crippen LogP contribution in [0.1, 0.15) is 31.2 Å². The number of nitrogens with one attached hydrogen (secondary N) is 1. The summed E-state index contributed by atoms with van der Waals surface area (Å²) >= 11 is 0. The lowest BCUT2D eigenvalue weighted by Gasteiger charge is -2.33. The van der Waals surface area contributed by atoms with Crippen LogP contribution in [0, 0.1) is 0 Å². The molecule has 0 aliphatic rings. The maximum Gasteiger partial charge on any atom is 0.408 e. The Kier molecular flexibility index (Phi) is 12.1. The molecule has 11 N–H and O–H groups in total. The van der Waals surface area contributed by atoms with Crippen molar-refractivity contribution in [2.24, 2.45) is 38.7 Å². The number of nitrogens with zero attached hydrogens (tertiary/aromatic N) is 3. The van der Waals surface area contributed by atoms with Crippen LogP contribution >= 0.6 is 0 Å². The zero-order valence-electron chi connectivity index (χ0n) is 23.9. The summed E-state index contributed by atoms with van der Waals surface area (Å²) < 4.78 is 5.39.